The molecule has 0 saturated heterocycles. The van der Waals surface area contributed by atoms with E-state index in [0.717, 1.165) is 44.6 Å². The molecule has 7 nitrogen and oxygen atoms in total. The molecule has 0 spiro atoms. The lowest BCUT2D eigenvalue weighted by Crippen LogP contribution is -2.39. The van der Waals surface area contributed by atoms with Crippen molar-refractivity contribution < 1.29 is 4.79 Å². The molecule has 226 valence electrons. The minimum atomic E-state index is -0.853. The molecule has 0 atom stereocenters. The molecule has 1 amide bonds. The maximum Gasteiger partial charge on any atom is 0.256 e. The molecule has 0 radical (unpaired) electrons. The van der Waals surface area contributed by atoms with E-state index in [0.29, 0.717) is 24.5 Å². The van der Waals surface area contributed by atoms with Crippen molar-refractivity contribution in [2.75, 3.05) is 0 Å². The maximum atomic E-state index is 12.9. The molecule has 47 heavy (non-hydrogen) atoms. The molecule has 7 heteroatoms. The van der Waals surface area contributed by atoms with Gasteiger partial charge in [0.15, 0.2) is 5.54 Å². The van der Waals surface area contributed by atoms with Crippen LogP contribution < -0.4 is 0 Å². The van der Waals surface area contributed by atoms with Crippen LogP contribution in [0.15, 0.2) is 158 Å². The fourth-order valence-electron chi connectivity index (χ4n) is 6.60. The van der Waals surface area contributed by atoms with Gasteiger partial charge in [-0.2, -0.15) is 0 Å². The number of carbonyl (C=O) groups is 1. The fourth-order valence-corrected chi connectivity index (χ4v) is 6.60. The van der Waals surface area contributed by atoms with E-state index < -0.39 is 5.54 Å². The largest absolute Gasteiger partial charge is 0.328 e. The molecule has 0 fully saturated rings. The average molecular weight is 611 g/mol. The van der Waals surface area contributed by atoms with Crippen LogP contribution in [0, 0.1) is 0 Å². The number of fused-ring (bicyclic) bond motifs is 1. The zero-order chi connectivity index (χ0) is 31.6. The van der Waals surface area contributed by atoms with Crippen LogP contribution in [0.1, 0.15) is 38.3 Å². The number of amides is 1. The van der Waals surface area contributed by atoms with E-state index in [4.69, 9.17) is 10.3 Å². The molecule has 7 aromatic rings. The number of aromatic nitrogens is 5. The second-order valence-electron chi connectivity index (χ2n) is 11.6. The van der Waals surface area contributed by atoms with Gasteiger partial charge in [-0.1, -0.05) is 140 Å². The zero-order valence-corrected chi connectivity index (χ0v) is 25.5. The van der Waals surface area contributed by atoms with Crippen LogP contribution in [-0.2, 0) is 18.6 Å². The zero-order valence-electron chi connectivity index (χ0n) is 25.5. The minimum absolute atomic E-state index is 0.0225. The maximum absolute atomic E-state index is 12.9. The van der Waals surface area contributed by atoms with Crippen molar-refractivity contribution in [2.45, 2.75) is 18.6 Å². The highest BCUT2D eigenvalue weighted by Gasteiger charge is 2.41. The first-order valence-electron chi connectivity index (χ1n) is 15.6. The van der Waals surface area contributed by atoms with Gasteiger partial charge in [-0.25, -0.2) is 0 Å². The van der Waals surface area contributed by atoms with Gasteiger partial charge in [0.25, 0.3) is 5.91 Å². The smallest absolute Gasteiger partial charge is 0.256 e. The van der Waals surface area contributed by atoms with E-state index in [1.54, 1.807) is 11.0 Å². The summed E-state index contributed by atoms with van der Waals surface area (Å²) in [4.78, 5) is 20.9. The van der Waals surface area contributed by atoms with Gasteiger partial charge in [0, 0.05) is 18.3 Å². The molecule has 1 aliphatic rings. The highest BCUT2D eigenvalue weighted by Crippen LogP contribution is 2.40. The standard InChI is InChI=1S/C40H30N6O/c47-39-36-21-12-26-41-37(36)28-45(39)27-29-22-24-30(25-23-29)34-19-10-11-20-35(34)38-42-44-46(43-38)40(31-13-4-1-5-14-31,32-15-6-2-7-16-32)33-17-8-3-9-18-33/h1-26H,27-28H2. The molecular formula is C40H30N6O. The first-order chi connectivity index (χ1) is 23.2. The predicted molar refractivity (Wildman–Crippen MR) is 181 cm³/mol. The summed E-state index contributed by atoms with van der Waals surface area (Å²) in [7, 11) is 0. The Kier molecular flexibility index (Phi) is 7.19. The van der Waals surface area contributed by atoms with Crippen molar-refractivity contribution in [3.8, 4) is 22.5 Å². The quantitative estimate of drug-likeness (QED) is 0.168. The number of pyridine rings is 1. The van der Waals surface area contributed by atoms with Crippen molar-refractivity contribution in [2.24, 2.45) is 0 Å². The topological polar surface area (TPSA) is 76.8 Å². The van der Waals surface area contributed by atoms with Crippen molar-refractivity contribution in [1.29, 1.82) is 0 Å². The van der Waals surface area contributed by atoms with Crippen LogP contribution >= 0.6 is 0 Å². The van der Waals surface area contributed by atoms with Crippen molar-refractivity contribution in [1.82, 2.24) is 30.1 Å². The molecule has 0 bridgehead atoms. The van der Waals surface area contributed by atoms with Crippen LogP contribution in [0.3, 0.4) is 0 Å². The van der Waals surface area contributed by atoms with E-state index in [2.05, 4.69) is 76.8 Å². The lowest BCUT2D eigenvalue weighted by molar-refractivity contribution is 0.0766. The highest BCUT2D eigenvalue weighted by molar-refractivity contribution is 5.97. The molecule has 0 saturated carbocycles. The number of carbonyl (C=O) groups excluding carboxylic acids is 1. The molecule has 2 aromatic heterocycles. The van der Waals surface area contributed by atoms with Crippen molar-refractivity contribution in [3.63, 3.8) is 0 Å². The Morgan fingerprint density at radius 1 is 0.596 bits per heavy atom. The molecule has 3 heterocycles. The van der Waals surface area contributed by atoms with Gasteiger partial charge in [0.2, 0.25) is 5.82 Å². The molecule has 0 N–H and O–H groups in total. The Morgan fingerprint density at radius 3 is 1.74 bits per heavy atom. The first-order valence-corrected chi connectivity index (χ1v) is 15.6. The number of benzene rings is 5. The summed E-state index contributed by atoms with van der Waals surface area (Å²) in [5.74, 6) is 0.555. The Labute approximate surface area is 272 Å². The molecule has 1 aliphatic heterocycles. The van der Waals surface area contributed by atoms with E-state index in [1.165, 1.54) is 0 Å². The summed E-state index contributed by atoms with van der Waals surface area (Å²) in [6, 6.07) is 51.1. The summed E-state index contributed by atoms with van der Waals surface area (Å²) in [5, 5.41) is 14.5. The van der Waals surface area contributed by atoms with Gasteiger partial charge in [-0.05, 0) is 50.7 Å². The third kappa shape index (κ3) is 4.98. The summed E-state index contributed by atoms with van der Waals surface area (Å²) in [6.07, 6.45) is 1.74. The first kappa shape index (κ1) is 28.3. The van der Waals surface area contributed by atoms with Crippen molar-refractivity contribution in [3.05, 3.63) is 191 Å². The molecule has 0 aliphatic carbocycles. The summed E-state index contributed by atoms with van der Waals surface area (Å²) >= 11 is 0. The SMILES string of the molecule is O=C1c2cccnc2CN1Cc1ccc(-c2ccccc2-c2nnn(C(c3ccccc3)(c3ccccc3)c3ccccc3)n2)cc1. The molecule has 5 aromatic carbocycles. The van der Waals surface area contributed by atoms with Gasteiger partial charge >= 0.3 is 0 Å². The monoisotopic (exact) mass is 610 g/mol. The Bertz CT molecular complexity index is 2070. The van der Waals surface area contributed by atoms with Crippen LogP contribution in [0.2, 0.25) is 0 Å². The molecular weight excluding hydrogens is 580 g/mol. The van der Waals surface area contributed by atoms with Gasteiger partial charge < -0.3 is 4.90 Å². The van der Waals surface area contributed by atoms with E-state index >= 15 is 0 Å². The number of rotatable bonds is 8. The van der Waals surface area contributed by atoms with E-state index in [9.17, 15) is 4.79 Å². The Hall–Kier alpha value is -6.21. The second kappa shape index (κ2) is 11.9. The summed E-state index contributed by atoms with van der Waals surface area (Å²) in [5.41, 5.74) is 7.71. The average Bonchev–Trinajstić information content (AvgIpc) is 3.75. The lowest BCUT2D eigenvalue weighted by Gasteiger charge is -2.34. The van der Waals surface area contributed by atoms with Crippen LogP contribution in [0.25, 0.3) is 22.5 Å². The second-order valence-corrected chi connectivity index (χ2v) is 11.6. The van der Waals surface area contributed by atoms with Gasteiger partial charge in [0.05, 0.1) is 17.8 Å². The van der Waals surface area contributed by atoms with Crippen LogP contribution in [-0.4, -0.2) is 36.0 Å². The van der Waals surface area contributed by atoms with E-state index in [-0.39, 0.29) is 5.91 Å². The van der Waals surface area contributed by atoms with E-state index in [1.807, 2.05) is 89.8 Å². The minimum Gasteiger partial charge on any atom is -0.328 e. The summed E-state index contributed by atoms with van der Waals surface area (Å²) < 4.78 is 0. The van der Waals surface area contributed by atoms with Gasteiger partial charge in [0.1, 0.15) is 0 Å². The van der Waals surface area contributed by atoms with Crippen LogP contribution in [0.5, 0.6) is 0 Å². The third-order valence-electron chi connectivity index (χ3n) is 8.84. The van der Waals surface area contributed by atoms with Crippen LogP contribution in [0.4, 0.5) is 0 Å². The lowest BCUT2D eigenvalue weighted by atomic mass is 9.77. The Balaban J connectivity index is 1.17. The Morgan fingerprint density at radius 2 is 1.15 bits per heavy atom. The van der Waals surface area contributed by atoms with Crippen molar-refractivity contribution >= 4 is 5.91 Å². The predicted octanol–water partition coefficient (Wildman–Crippen LogP) is 7.40. The fraction of sp³-hybridized carbons (Fsp3) is 0.0750. The molecule has 0 unspecified atom stereocenters. The normalized spacial score (nSPS) is 12.7. The van der Waals surface area contributed by atoms with Gasteiger partial charge in [-0.15, -0.1) is 15.0 Å². The van der Waals surface area contributed by atoms with Gasteiger partial charge in [-0.3, -0.25) is 9.78 Å². The number of hydrogen-bond donors (Lipinski definition) is 0. The number of tetrazole rings is 1. The highest BCUT2D eigenvalue weighted by atomic mass is 16.2. The number of nitrogens with zero attached hydrogens (tertiary/aromatic N) is 6. The third-order valence-corrected chi connectivity index (χ3v) is 8.84. The summed E-state index contributed by atoms with van der Waals surface area (Å²) in [6.45, 7) is 1.05. The number of hydrogen-bond acceptors (Lipinski definition) is 5. The molecule has 8 rings (SSSR count).